The summed E-state index contributed by atoms with van der Waals surface area (Å²) in [5, 5.41) is 0. The molecule has 1 unspecified atom stereocenters. The first kappa shape index (κ1) is 11.2. The minimum atomic E-state index is -0.198. The molecular formula is C10H18N2O2. The summed E-state index contributed by atoms with van der Waals surface area (Å²) in [6.07, 6.45) is 1.73. The number of nitrogens with zero attached hydrogens (tertiary/aromatic N) is 1. The Labute approximate surface area is 84.4 Å². The zero-order valence-corrected chi connectivity index (χ0v) is 8.82. The zero-order valence-electron chi connectivity index (χ0n) is 8.82. The smallest absolute Gasteiger partial charge is 0.227 e. The fraction of sp³-hybridized carbons (Fsp3) is 0.800. The van der Waals surface area contributed by atoms with Gasteiger partial charge in [-0.15, -0.1) is 0 Å². The van der Waals surface area contributed by atoms with Crippen LogP contribution in [0.2, 0.25) is 0 Å². The first-order valence-corrected chi connectivity index (χ1v) is 5.09. The third kappa shape index (κ3) is 2.12. The summed E-state index contributed by atoms with van der Waals surface area (Å²) in [5.74, 6) is -0.0692. The average Bonchev–Trinajstić information content (AvgIpc) is 2.63. The van der Waals surface area contributed by atoms with Gasteiger partial charge in [0.25, 0.3) is 0 Å². The number of likely N-dealkylation sites (tertiary alicyclic amines) is 1. The molecule has 0 radical (unpaired) electrons. The van der Waals surface area contributed by atoms with Crippen LogP contribution in [-0.2, 0) is 9.59 Å². The van der Waals surface area contributed by atoms with Crippen LogP contribution in [0.15, 0.2) is 0 Å². The predicted molar refractivity (Wildman–Crippen MR) is 53.6 cm³/mol. The molecule has 1 fully saturated rings. The van der Waals surface area contributed by atoms with Crippen LogP contribution in [-0.4, -0.2) is 35.7 Å². The molecule has 0 aromatic carbocycles. The van der Waals surface area contributed by atoms with Crippen LogP contribution in [0.25, 0.3) is 0 Å². The van der Waals surface area contributed by atoms with Crippen molar-refractivity contribution in [2.24, 2.45) is 11.7 Å². The number of rotatable bonds is 3. The van der Waals surface area contributed by atoms with Crippen molar-refractivity contribution in [3.8, 4) is 0 Å². The van der Waals surface area contributed by atoms with Crippen molar-refractivity contribution in [3.05, 3.63) is 0 Å². The Bertz CT molecular complexity index is 240. The molecule has 2 N–H and O–H groups in total. The van der Waals surface area contributed by atoms with E-state index in [1.165, 1.54) is 0 Å². The molecule has 4 nitrogen and oxygen atoms in total. The van der Waals surface area contributed by atoms with E-state index >= 15 is 0 Å². The highest BCUT2D eigenvalue weighted by Gasteiger charge is 2.33. The monoisotopic (exact) mass is 198 g/mol. The van der Waals surface area contributed by atoms with Gasteiger partial charge in [-0.05, 0) is 19.8 Å². The molecular weight excluding hydrogens is 180 g/mol. The van der Waals surface area contributed by atoms with Crippen LogP contribution in [0.1, 0.15) is 26.7 Å². The Morgan fingerprint density at radius 2 is 2.21 bits per heavy atom. The molecule has 1 saturated heterocycles. The summed E-state index contributed by atoms with van der Waals surface area (Å²) in [4.78, 5) is 24.7. The lowest BCUT2D eigenvalue weighted by Gasteiger charge is -2.25. The number of carbonyl (C=O) groups excluding carboxylic acids is 2. The lowest BCUT2D eigenvalue weighted by molar-refractivity contribution is -0.139. The SMILES string of the molecule is CC(=O)[C@H]1CCCN1C(=O)C(C)CN. The summed E-state index contributed by atoms with van der Waals surface area (Å²) in [6.45, 7) is 4.40. The van der Waals surface area contributed by atoms with Crippen molar-refractivity contribution in [3.63, 3.8) is 0 Å². The Morgan fingerprint density at radius 3 is 2.71 bits per heavy atom. The highest BCUT2D eigenvalue weighted by molar-refractivity contribution is 5.88. The number of nitrogens with two attached hydrogens (primary N) is 1. The number of ketones is 1. The van der Waals surface area contributed by atoms with Gasteiger partial charge < -0.3 is 10.6 Å². The molecule has 0 saturated carbocycles. The molecule has 0 bridgehead atoms. The third-order valence-electron chi connectivity index (χ3n) is 2.78. The van der Waals surface area contributed by atoms with Crippen LogP contribution < -0.4 is 5.73 Å². The molecule has 0 aromatic rings. The maximum atomic E-state index is 11.8. The second-order valence-electron chi connectivity index (χ2n) is 3.94. The molecule has 1 rings (SSSR count). The lowest BCUT2D eigenvalue weighted by atomic mass is 10.1. The van der Waals surface area contributed by atoms with Gasteiger partial charge in [0.15, 0.2) is 5.78 Å². The number of hydrogen-bond acceptors (Lipinski definition) is 3. The summed E-state index contributed by atoms with van der Waals surface area (Å²) in [5.41, 5.74) is 5.43. The molecule has 1 heterocycles. The normalized spacial score (nSPS) is 23.6. The Hall–Kier alpha value is -0.900. The predicted octanol–water partition coefficient (Wildman–Crippen LogP) is 0.161. The van der Waals surface area contributed by atoms with Gasteiger partial charge in [0.1, 0.15) is 0 Å². The number of Topliss-reactive ketones (excluding diaryl/α,β-unsaturated/α-hetero) is 1. The Kier molecular flexibility index (Phi) is 3.63. The minimum absolute atomic E-state index is 0.0187. The first-order valence-electron chi connectivity index (χ1n) is 5.09. The van der Waals surface area contributed by atoms with Gasteiger partial charge in [0, 0.05) is 19.0 Å². The van der Waals surface area contributed by atoms with E-state index < -0.39 is 0 Å². The van der Waals surface area contributed by atoms with Crippen LogP contribution in [0, 0.1) is 5.92 Å². The van der Waals surface area contributed by atoms with E-state index in [-0.39, 0.29) is 23.7 Å². The van der Waals surface area contributed by atoms with E-state index in [2.05, 4.69) is 0 Å². The van der Waals surface area contributed by atoms with E-state index in [9.17, 15) is 9.59 Å². The maximum absolute atomic E-state index is 11.8. The molecule has 1 amide bonds. The molecule has 4 heteroatoms. The minimum Gasteiger partial charge on any atom is -0.332 e. The number of carbonyl (C=O) groups is 2. The maximum Gasteiger partial charge on any atom is 0.227 e. The molecule has 2 atom stereocenters. The van der Waals surface area contributed by atoms with Crippen molar-refractivity contribution in [2.75, 3.05) is 13.1 Å². The van der Waals surface area contributed by atoms with E-state index in [0.717, 1.165) is 12.8 Å². The molecule has 0 spiro atoms. The quantitative estimate of drug-likeness (QED) is 0.702. The topological polar surface area (TPSA) is 63.4 Å². The highest BCUT2D eigenvalue weighted by Crippen LogP contribution is 2.20. The van der Waals surface area contributed by atoms with Crippen LogP contribution in [0.4, 0.5) is 0 Å². The second kappa shape index (κ2) is 4.55. The first-order chi connectivity index (χ1) is 6.57. The fourth-order valence-electron chi connectivity index (χ4n) is 1.84. The summed E-state index contributed by atoms with van der Waals surface area (Å²) >= 11 is 0. The zero-order chi connectivity index (χ0) is 10.7. The third-order valence-corrected chi connectivity index (χ3v) is 2.78. The van der Waals surface area contributed by atoms with Gasteiger partial charge in [-0.3, -0.25) is 9.59 Å². The van der Waals surface area contributed by atoms with Gasteiger partial charge >= 0.3 is 0 Å². The Morgan fingerprint density at radius 1 is 1.57 bits per heavy atom. The van der Waals surface area contributed by atoms with Crippen molar-refractivity contribution in [1.82, 2.24) is 4.90 Å². The number of amides is 1. The molecule has 1 aliphatic rings. The lowest BCUT2D eigenvalue weighted by Crippen LogP contribution is -2.43. The average molecular weight is 198 g/mol. The van der Waals surface area contributed by atoms with Gasteiger partial charge in [-0.25, -0.2) is 0 Å². The van der Waals surface area contributed by atoms with E-state index in [0.29, 0.717) is 13.1 Å². The summed E-state index contributed by atoms with van der Waals surface area (Å²) in [7, 11) is 0. The van der Waals surface area contributed by atoms with Gasteiger partial charge in [-0.1, -0.05) is 6.92 Å². The highest BCUT2D eigenvalue weighted by atomic mass is 16.2. The molecule has 0 aromatic heterocycles. The number of hydrogen-bond donors (Lipinski definition) is 1. The Balaban J connectivity index is 2.67. The molecule has 14 heavy (non-hydrogen) atoms. The molecule has 1 aliphatic heterocycles. The van der Waals surface area contributed by atoms with Gasteiger partial charge in [-0.2, -0.15) is 0 Å². The largest absolute Gasteiger partial charge is 0.332 e. The van der Waals surface area contributed by atoms with E-state index in [4.69, 9.17) is 5.73 Å². The second-order valence-corrected chi connectivity index (χ2v) is 3.94. The van der Waals surface area contributed by atoms with E-state index in [1.54, 1.807) is 18.7 Å². The van der Waals surface area contributed by atoms with E-state index in [1.807, 2.05) is 0 Å². The van der Waals surface area contributed by atoms with Crippen LogP contribution >= 0.6 is 0 Å². The van der Waals surface area contributed by atoms with Crippen LogP contribution in [0.5, 0.6) is 0 Å². The van der Waals surface area contributed by atoms with Crippen molar-refractivity contribution in [2.45, 2.75) is 32.7 Å². The fourth-order valence-corrected chi connectivity index (χ4v) is 1.84. The van der Waals surface area contributed by atoms with Crippen LogP contribution in [0.3, 0.4) is 0 Å². The van der Waals surface area contributed by atoms with Gasteiger partial charge in [0.2, 0.25) is 5.91 Å². The van der Waals surface area contributed by atoms with Crippen molar-refractivity contribution in [1.29, 1.82) is 0 Å². The van der Waals surface area contributed by atoms with Crippen molar-refractivity contribution >= 4 is 11.7 Å². The summed E-state index contributed by atoms with van der Waals surface area (Å²) in [6, 6.07) is -0.198. The molecule has 0 aliphatic carbocycles. The molecule has 80 valence electrons. The van der Waals surface area contributed by atoms with Gasteiger partial charge in [0.05, 0.1) is 6.04 Å². The standard InChI is InChI=1S/C10H18N2O2/c1-7(6-11)10(14)12-5-3-4-9(12)8(2)13/h7,9H,3-6,11H2,1-2H3/t7?,9-/m1/s1. The summed E-state index contributed by atoms with van der Waals surface area (Å²) < 4.78 is 0. The van der Waals surface area contributed by atoms with Crippen molar-refractivity contribution < 1.29 is 9.59 Å².